The van der Waals surface area contributed by atoms with Crippen LogP contribution >= 0.6 is 8.03 Å². The third-order valence-electron chi connectivity index (χ3n) is 7.14. The van der Waals surface area contributed by atoms with Gasteiger partial charge in [0.1, 0.15) is 5.82 Å². The van der Waals surface area contributed by atoms with Crippen molar-refractivity contribution in [3.8, 4) is 23.6 Å². The molecular formula is C28H26FNO5P+. The fourth-order valence-electron chi connectivity index (χ4n) is 5.40. The molecule has 4 unspecified atom stereocenters. The predicted molar refractivity (Wildman–Crippen MR) is 134 cm³/mol. The Bertz CT molecular complexity index is 1370. The monoisotopic (exact) mass is 506 g/mol. The van der Waals surface area contributed by atoms with Crippen LogP contribution < -0.4 is 0 Å². The molecule has 0 fully saturated rings. The number of rotatable bonds is 7. The number of hydrogen-bond donors (Lipinski definition) is 3. The van der Waals surface area contributed by atoms with E-state index in [-0.39, 0.29) is 5.56 Å². The second-order valence-electron chi connectivity index (χ2n) is 9.33. The minimum atomic E-state index is -3.52. The maximum Gasteiger partial charge on any atom is 0.528 e. The van der Waals surface area contributed by atoms with Crippen LogP contribution in [0.3, 0.4) is 0 Å². The largest absolute Gasteiger partial charge is 0.528 e. The first-order valence-corrected chi connectivity index (χ1v) is 12.7. The Balaban J connectivity index is 2.00. The number of carbonyl (C=O) groups is 1. The van der Waals surface area contributed by atoms with E-state index in [9.17, 15) is 28.9 Å². The molecule has 0 spiro atoms. The van der Waals surface area contributed by atoms with Crippen molar-refractivity contribution >= 4 is 14.0 Å². The summed E-state index contributed by atoms with van der Waals surface area (Å²) in [6.45, 7) is 2.84. The third-order valence-corrected chi connectivity index (χ3v) is 8.79. The van der Waals surface area contributed by atoms with E-state index < -0.39 is 42.4 Å². The highest BCUT2D eigenvalue weighted by atomic mass is 31.1. The summed E-state index contributed by atoms with van der Waals surface area (Å²) in [6.07, 6.45) is 8.73. The topological polar surface area (TPSA) is 108 Å². The Morgan fingerprint density at radius 3 is 2.33 bits per heavy atom. The number of carboxylic acids is 1. The normalized spacial score (nSPS) is 17.1. The van der Waals surface area contributed by atoms with Gasteiger partial charge in [0.2, 0.25) is 0 Å². The van der Waals surface area contributed by atoms with Crippen molar-refractivity contribution in [3.05, 3.63) is 88.9 Å². The highest BCUT2D eigenvalue weighted by Gasteiger charge is 2.75. The Morgan fingerprint density at radius 2 is 1.75 bits per heavy atom. The third kappa shape index (κ3) is 3.83. The van der Waals surface area contributed by atoms with Crippen LogP contribution in [-0.4, -0.2) is 36.8 Å². The fraction of sp³-hybridized carbons (Fsp3) is 0.286. The molecule has 0 saturated carbocycles. The average molecular weight is 506 g/mol. The first-order chi connectivity index (χ1) is 17.1. The van der Waals surface area contributed by atoms with E-state index in [1.165, 1.54) is 32.2 Å². The molecule has 0 radical (unpaired) electrons. The number of aryl methyl sites for hydroxylation is 2. The molecule has 0 saturated heterocycles. The first-order valence-electron chi connectivity index (χ1n) is 11.5. The summed E-state index contributed by atoms with van der Waals surface area (Å²) in [5, 5.41) is 19.7. The van der Waals surface area contributed by atoms with Gasteiger partial charge in [-0.2, -0.15) is 4.89 Å². The number of fused-ring (bicyclic) bond motifs is 3. The van der Waals surface area contributed by atoms with E-state index in [0.29, 0.717) is 12.0 Å². The molecule has 1 aromatic heterocycles. The van der Waals surface area contributed by atoms with E-state index in [2.05, 4.69) is 10.9 Å². The van der Waals surface area contributed by atoms with Gasteiger partial charge < -0.3 is 10.2 Å². The molecule has 6 nitrogen and oxygen atoms in total. The SMILES string of the molecule is C#CC(O)(C(c1ccc(F)cc1)c1cnc2c(c1)CCc1ccccc1-2)C(C(=O)O)(C(C)C)[P+](=O)O. The van der Waals surface area contributed by atoms with Crippen LogP contribution in [0.25, 0.3) is 11.3 Å². The van der Waals surface area contributed by atoms with Crippen molar-refractivity contribution in [2.45, 2.75) is 43.4 Å². The van der Waals surface area contributed by atoms with Crippen LogP contribution in [0, 0.1) is 24.1 Å². The number of pyridine rings is 1. The Hall–Kier alpha value is -3.43. The minimum Gasteiger partial charge on any atom is -0.477 e. The quantitative estimate of drug-likeness (QED) is 0.317. The van der Waals surface area contributed by atoms with E-state index in [1.54, 1.807) is 6.07 Å². The number of halogens is 1. The second kappa shape index (κ2) is 9.55. The highest BCUT2D eigenvalue weighted by molar-refractivity contribution is 7.41. The first kappa shape index (κ1) is 25.7. The number of carboxylic acid groups (broad SMARTS) is 1. The highest BCUT2D eigenvalue weighted by Crippen LogP contribution is 2.56. The maximum atomic E-state index is 13.8. The van der Waals surface area contributed by atoms with Gasteiger partial charge in [-0.05, 0) is 51.8 Å². The summed E-state index contributed by atoms with van der Waals surface area (Å²) < 4.78 is 26.6. The second-order valence-corrected chi connectivity index (χ2v) is 10.6. The minimum absolute atomic E-state index is 0.290. The summed E-state index contributed by atoms with van der Waals surface area (Å²) in [6, 6.07) is 14.8. The molecule has 0 amide bonds. The van der Waals surface area contributed by atoms with Gasteiger partial charge in [0.15, 0.2) is 5.60 Å². The average Bonchev–Trinajstić information content (AvgIpc) is 2.84. The molecule has 0 bridgehead atoms. The number of aromatic nitrogens is 1. The molecule has 1 heterocycles. The number of aliphatic carboxylic acids is 1. The van der Waals surface area contributed by atoms with Gasteiger partial charge in [-0.15, -0.1) is 6.42 Å². The number of hydrogen-bond acceptors (Lipinski definition) is 4. The van der Waals surface area contributed by atoms with Crippen molar-refractivity contribution < 1.29 is 28.9 Å². The molecule has 1 aliphatic rings. The van der Waals surface area contributed by atoms with E-state index in [1.807, 2.05) is 24.3 Å². The Morgan fingerprint density at radius 1 is 1.11 bits per heavy atom. The Labute approximate surface area is 209 Å². The van der Waals surface area contributed by atoms with Gasteiger partial charge in [-0.1, -0.05) is 62.2 Å². The zero-order valence-corrected chi connectivity index (χ0v) is 20.7. The van der Waals surface area contributed by atoms with E-state index in [4.69, 9.17) is 6.42 Å². The molecule has 2 aromatic carbocycles. The Kier molecular flexibility index (Phi) is 6.81. The number of aliphatic hydroxyl groups is 1. The van der Waals surface area contributed by atoms with Crippen LogP contribution in [0.2, 0.25) is 0 Å². The molecule has 3 aromatic rings. The fourth-order valence-corrected chi connectivity index (χ4v) is 6.49. The van der Waals surface area contributed by atoms with Gasteiger partial charge in [-0.3, -0.25) is 4.98 Å². The summed E-state index contributed by atoms with van der Waals surface area (Å²) in [5.74, 6) is -2.38. The smallest absolute Gasteiger partial charge is 0.477 e. The predicted octanol–water partition coefficient (Wildman–Crippen LogP) is 4.70. The van der Waals surface area contributed by atoms with Crippen LogP contribution in [0.15, 0.2) is 60.8 Å². The van der Waals surface area contributed by atoms with Gasteiger partial charge in [0.05, 0.1) is 11.6 Å². The van der Waals surface area contributed by atoms with E-state index in [0.717, 1.165) is 40.9 Å². The lowest BCUT2D eigenvalue weighted by Crippen LogP contribution is -2.62. The van der Waals surface area contributed by atoms with Crippen LogP contribution in [0.1, 0.15) is 42.0 Å². The van der Waals surface area contributed by atoms with Crippen molar-refractivity contribution in [1.82, 2.24) is 4.98 Å². The molecular weight excluding hydrogens is 480 g/mol. The maximum absolute atomic E-state index is 13.8. The molecule has 184 valence electrons. The summed E-state index contributed by atoms with van der Waals surface area (Å²) in [4.78, 5) is 27.6. The number of nitrogens with zero attached hydrogens (tertiary/aromatic N) is 1. The van der Waals surface area contributed by atoms with Crippen LogP contribution in [-0.2, 0) is 22.2 Å². The molecule has 4 rings (SSSR count). The lowest BCUT2D eigenvalue weighted by Gasteiger charge is -2.40. The zero-order valence-electron chi connectivity index (χ0n) is 19.9. The number of terminal acetylenes is 1. The van der Waals surface area contributed by atoms with Gasteiger partial charge in [-0.25, -0.2) is 9.18 Å². The zero-order chi connectivity index (χ0) is 26.3. The lowest BCUT2D eigenvalue weighted by atomic mass is 9.66. The van der Waals surface area contributed by atoms with Crippen molar-refractivity contribution in [3.63, 3.8) is 0 Å². The molecule has 3 N–H and O–H groups in total. The van der Waals surface area contributed by atoms with Gasteiger partial charge in [0.25, 0.3) is 0 Å². The molecule has 1 aliphatic carbocycles. The summed E-state index contributed by atoms with van der Waals surface area (Å²) in [5.41, 5.74) is 1.76. The van der Waals surface area contributed by atoms with Gasteiger partial charge in [0, 0.05) is 17.7 Å². The van der Waals surface area contributed by atoms with Crippen molar-refractivity contribution in [1.29, 1.82) is 0 Å². The van der Waals surface area contributed by atoms with Crippen molar-refractivity contribution in [2.24, 2.45) is 5.92 Å². The molecule has 4 atom stereocenters. The van der Waals surface area contributed by atoms with E-state index >= 15 is 0 Å². The van der Waals surface area contributed by atoms with Gasteiger partial charge >= 0.3 is 19.2 Å². The standard InChI is InChI=1S/C28H25FNO5P/c1-4-27(33,28(17(2)3,26(31)32)36(34)35)24(19-11-13-22(29)14-12-19)21-15-20-10-9-18-7-5-6-8-23(18)25(20)30-16-21/h1,5-8,11-17,24,33H,9-10H2,2-3H3,(H-,31,32,34,35)/p+1. The lowest BCUT2D eigenvalue weighted by molar-refractivity contribution is -0.149. The number of benzene rings is 2. The summed E-state index contributed by atoms with van der Waals surface area (Å²) >= 11 is 0. The molecule has 0 aliphatic heterocycles. The molecule has 36 heavy (non-hydrogen) atoms. The van der Waals surface area contributed by atoms with Crippen molar-refractivity contribution in [2.75, 3.05) is 0 Å². The van der Waals surface area contributed by atoms with Crippen LogP contribution in [0.5, 0.6) is 0 Å². The molecule has 8 heteroatoms. The van der Waals surface area contributed by atoms with Crippen LogP contribution in [0.4, 0.5) is 4.39 Å². The summed E-state index contributed by atoms with van der Waals surface area (Å²) in [7, 11) is -3.52.